The summed E-state index contributed by atoms with van der Waals surface area (Å²) < 4.78 is 0. The SMILES string of the molecule is CCCCCCCCCCCCCCCC(=O)N[C@@H](C)C(=O)N[C@@H](CCC(N)=O)C(=O)N[C@@H](CCCCN)C(N)=O. The molecule has 5 amide bonds. The van der Waals surface area contributed by atoms with Crippen LogP contribution in [0.5, 0.6) is 0 Å². The van der Waals surface area contributed by atoms with Gasteiger partial charge in [-0.1, -0.05) is 84.0 Å². The number of carbonyl (C=O) groups excluding carboxylic acids is 5. The molecule has 0 bridgehead atoms. The molecule has 0 saturated carbocycles. The fourth-order valence-corrected chi connectivity index (χ4v) is 4.59. The zero-order valence-corrected chi connectivity index (χ0v) is 25.6. The summed E-state index contributed by atoms with van der Waals surface area (Å²) in [4.78, 5) is 61.0. The number of hydrogen-bond acceptors (Lipinski definition) is 6. The molecule has 41 heavy (non-hydrogen) atoms. The highest BCUT2D eigenvalue weighted by Gasteiger charge is 2.27. The molecule has 0 spiro atoms. The lowest BCUT2D eigenvalue weighted by Gasteiger charge is -2.23. The third-order valence-electron chi connectivity index (χ3n) is 7.20. The quantitative estimate of drug-likeness (QED) is 0.0804. The number of amides is 5. The lowest BCUT2D eigenvalue weighted by atomic mass is 10.0. The molecule has 0 aliphatic carbocycles. The molecular weight excluding hydrogens is 524 g/mol. The second-order valence-electron chi connectivity index (χ2n) is 11.1. The molecule has 0 saturated heterocycles. The number of rotatable bonds is 27. The maximum absolute atomic E-state index is 12.8. The first-order valence-corrected chi connectivity index (χ1v) is 15.8. The summed E-state index contributed by atoms with van der Waals surface area (Å²) in [5.41, 5.74) is 16.1. The van der Waals surface area contributed by atoms with Crippen LogP contribution in [0.15, 0.2) is 0 Å². The molecule has 0 unspecified atom stereocenters. The van der Waals surface area contributed by atoms with E-state index < -0.39 is 41.8 Å². The fraction of sp³-hybridized carbons (Fsp3) is 0.833. The first-order valence-electron chi connectivity index (χ1n) is 15.8. The zero-order chi connectivity index (χ0) is 30.9. The van der Waals surface area contributed by atoms with E-state index >= 15 is 0 Å². The Morgan fingerprint density at radius 3 is 1.59 bits per heavy atom. The molecule has 0 radical (unpaired) electrons. The van der Waals surface area contributed by atoms with Gasteiger partial charge >= 0.3 is 0 Å². The van der Waals surface area contributed by atoms with Crippen molar-refractivity contribution in [3.05, 3.63) is 0 Å². The van der Waals surface area contributed by atoms with Crippen LogP contribution in [-0.2, 0) is 24.0 Å². The Morgan fingerprint density at radius 1 is 0.585 bits per heavy atom. The molecule has 0 aromatic heterocycles. The monoisotopic (exact) mass is 582 g/mol. The number of nitrogens with one attached hydrogen (secondary N) is 3. The van der Waals surface area contributed by atoms with E-state index in [1.165, 1.54) is 71.1 Å². The minimum Gasteiger partial charge on any atom is -0.370 e. The maximum Gasteiger partial charge on any atom is 0.243 e. The molecule has 11 nitrogen and oxygen atoms in total. The van der Waals surface area contributed by atoms with Gasteiger partial charge in [-0.05, 0) is 45.6 Å². The topological polar surface area (TPSA) is 200 Å². The summed E-state index contributed by atoms with van der Waals surface area (Å²) in [6.45, 7) is 4.21. The molecule has 238 valence electrons. The predicted molar refractivity (Wildman–Crippen MR) is 162 cm³/mol. The van der Waals surface area contributed by atoms with Gasteiger partial charge in [0.1, 0.15) is 18.1 Å². The Bertz CT molecular complexity index is 764. The first kappa shape index (κ1) is 38.3. The van der Waals surface area contributed by atoms with Gasteiger partial charge in [-0.25, -0.2) is 0 Å². The number of carbonyl (C=O) groups is 5. The lowest BCUT2D eigenvalue weighted by Crippen LogP contribution is -2.56. The number of unbranched alkanes of at least 4 members (excludes halogenated alkanes) is 13. The smallest absolute Gasteiger partial charge is 0.243 e. The van der Waals surface area contributed by atoms with E-state index in [-0.39, 0.29) is 18.7 Å². The van der Waals surface area contributed by atoms with Crippen molar-refractivity contribution in [2.24, 2.45) is 17.2 Å². The van der Waals surface area contributed by atoms with Crippen LogP contribution in [-0.4, -0.2) is 54.2 Å². The Morgan fingerprint density at radius 2 is 1.10 bits per heavy atom. The number of hydrogen-bond donors (Lipinski definition) is 6. The minimum atomic E-state index is -1.12. The van der Waals surface area contributed by atoms with Crippen molar-refractivity contribution >= 4 is 29.5 Å². The highest BCUT2D eigenvalue weighted by molar-refractivity contribution is 5.94. The van der Waals surface area contributed by atoms with Gasteiger partial charge in [0.2, 0.25) is 29.5 Å². The second-order valence-corrected chi connectivity index (χ2v) is 11.1. The van der Waals surface area contributed by atoms with Crippen LogP contribution in [0.25, 0.3) is 0 Å². The summed E-state index contributed by atoms with van der Waals surface area (Å²) in [7, 11) is 0. The van der Waals surface area contributed by atoms with Crippen LogP contribution < -0.4 is 33.2 Å². The molecular formula is C30H58N6O5. The van der Waals surface area contributed by atoms with Crippen molar-refractivity contribution in [2.75, 3.05) is 6.54 Å². The summed E-state index contributed by atoms with van der Waals surface area (Å²) in [6.07, 6.45) is 17.5. The van der Waals surface area contributed by atoms with Gasteiger partial charge < -0.3 is 33.2 Å². The van der Waals surface area contributed by atoms with Crippen molar-refractivity contribution in [3.63, 3.8) is 0 Å². The largest absolute Gasteiger partial charge is 0.370 e. The first-order chi connectivity index (χ1) is 19.6. The minimum absolute atomic E-state index is 0.0547. The second kappa shape index (κ2) is 25.1. The molecule has 3 atom stereocenters. The van der Waals surface area contributed by atoms with E-state index in [4.69, 9.17) is 17.2 Å². The highest BCUT2D eigenvalue weighted by atomic mass is 16.2. The average Bonchev–Trinajstić information content (AvgIpc) is 2.92. The maximum atomic E-state index is 12.8. The Balaban J connectivity index is 4.41. The van der Waals surface area contributed by atoms with E-state index in [0.717, 1.165) is 19.3 Å². The van der Waals surface area contributed by atoms with Crippen molar-refractivity contribution in [1.82, 2.24) is 16.0 Å². The van der Waals surface area contributed by atoms with Gasteiger partial charge in [-0.15, -0.1) is 0 Å². The van der Waals surface area contributed by atoms with Crippen LogP contribution in [0.1, 0.15) is 136 Å². The van der Waals surface area contributed by atoms with E-state index in [9.17, 15) is 24.0 Å². The average molecular weight is 583 g/mol. The Hall–Kier alpha value is -2.69. The zero-order valence-electron chi connectivity index (χ0n) is 25.6. The number of primary amides is 2. The standard InChI is InChI=1S/C30H58N6O5/c1-3-4-5-6-7-8-9-10-11-12-13-14-15-19-27(38)34-23(2)29(40)36-25(20-21-26(32)37)30(41)35-24(28(33)39)18-16-17-22-31/h23-25H,3-22,31H2,1-2H3,(H2,32,37)(H2,33,39)(H,34,38)(H,35,41)(H,36,40)/t23-,24-,25-/m0/s1. The van der Waals surface area contributed by atoms with Gasteiger partial charge in [-0.3, -0.25) is 24.0 Å². The highest BCUT2D eigenvalue weighted by Crippen LogP contribution is 2.13. The number of nitrogens with two attached hydrogens (primary N) is 3. The normalized spacial score (nSPS) is 13.1. The summed E-state index contributed by atoms with van der Waals surface area (Å²) >= 11 is 0. The molecule has 0 aliphatic heterocycles. The summed E-state index contributed by atoms with van der Waals surface area (Å²) in [6, 6.07) is -2.93. The van der Waals surface area contributed by atoms with E-state index in [1.54, 1.807) is 0 Å². The van der Waals surface area contributed by atoms with Crippen molar-refractivity contribution in [1.29, 1.82) is 0 Å². The lowest BCUT2D eigenvalue weighted by molar-refractivity contribution is -0.133. The van der Waals surface area contributed by atoms with Crippen LogP contribution in [0, 0.1) is 0 Å². The molecule has 0 heterocycles. The van der Waals surface area contributed by atoms with Crippen LogP contribution >= 0.6 is 0 Å². The fourth-order valence-electron chi connectivity index (χ4n) is 4.59. The van der Waals surface area contributed by atoms with Crippen molar-refractivity contribution in [3.8, 4) is 0 Å². The molecule has 9 N–H and O–H groups in total. The molecule has 11 heteroatoms. The van der Waals surface area contributed by atoms with Gasteiger partial charge in [0.05, 0.1) is 0 Å². The van der Waals surface area contributed by atoms with Crippen molar-refractivity contribution < 1.29 is 24.0 Å². The summed E-state index contributed by atoms with van der Waals surface area (Å²) in [5.74, 6) is -2.80. The molecule has 0 aromatic carbocycles. The Kier molecular flexibility index (Phi) is 23.4. The van der Waals surface area contributed by atoms with Gasteiger partial charge in [0.15, 0.2) is 0 Å². The molecule has 0 aromatic rings. The Labute approximate surface area is 247 Å². The van der Waals surface area contributed by atoms with Crippen LogP contribution in [0.2, 0.25) is 0 Å². The van der Waals surface area contributed by atoms with E-state index in [2.05, 4.69) is 22.9 Å². The van der Waals surface area contributed by atoms with Gasteiger partial charge in [0, 0.05) is 12.8 Å². The van der Waals surface area contributed by atoms with Crippen LogP contribution in [0.4, 0.5) is 0 Å². The van der Waals surface area contributed by atoms with E-state index in [1.807, 2.05) is 0 Å². The van der Waals surface area contributed by atoms with E-state index in [0.29, 0.717) is 32.2 Å². The van der Waals surface area contributed by atoms with Crippen molar-refractivity contribution in [2.45, 2.75) is 154 Å². The molecule has 0 aliphatic rings. The van der Waals surface area contributed by atoms with Gasteiger partial charge in [-0.2, -0.15) is 0 Å². The molecule has 0 fully saturated rings. The van der Waals surface area contributed by atoms with Crippen LogP contribution in [0.3, 0.4) is 0 Å². The summed E-state index contributed by atoms with van der Waals surface area (Å²) in [5, 5.41) is 7.77. The third-order valence-corrected chi connectivity index (χ3v) is 7.20. The van der Waals surface area contributed by atoms with Gasteiger partial charge in [0.25, 0.3) is 0 Å². The predicted octanol–water partition coefficient (Wildman–Crippen LogP) is 2.82. The molecule has 0 rings (SSSR count). The third kappa shape index (κ3) is 21.7.